The zero-order valence-corrected chi connectivity index (χ0v) is 15.1. The van der Waals surface area contributed by atoms with Crippen molar-refractivity contribution in [2.24, 2.45) is 0 Å². The standard InChI is InChI=1S/C19H11F3N2O3S/c1-10-6-11(8-16-17(25)24-18(26)28-16)2-4-14(10)27-15-5-3-12(9-23)7-13(15)19(20,21)22/h2-8H,1H3,(H,24,25,26)/b16-8-. The Bertz CT molecular complexity index is 1060. The van der Waals surface area contributed by atoms with Crippen LogP contribution in [0.15, 0.2) is 41.3 Å². The molecule has 0 atom stereocenters. The zero-order valence-electron chi connectivity index (χ0n) is 14.3. The summed E-state index contributed by atoms with van der Waals surface area (Å²) in [4.78, 5) is 23.0. The Kier molecular flexibility index (Phi) is 5.16. The van der Waals surface area contributed by atoms with Crippen molar-refractivity contribution in [3.8, 4) is 17.6 Å². The van der Waals surface area contributed by atoms with Gasteiger partial charge in [0.15, 0.2) is 0 Å². The molecule has 0 aromatic heterocycles. The van der Waals surface area contributed by atoms with Crippen molar-refractivity contribution in [2.45, 2.75) is 13.1 Å². The molecule has 1 fully saturated rings. The van der Waals surface area contributed by atoms with Gasteiger partial charge in [0.05, 0.1) is 22.1 Å². The number of benzene rings is 2. The first-order chi connectivity index (χ1) is 13.2. The van der Waals surface area contributed by atoms with Gasteiger partial charge in [-0.3, -0.25) is 14.9 Å². The van der Waals surface area contributed by atoms with Crippen molar-refractivity contribution in [3.63, 3.8) is 0 Å². The van der Waals surface area contributed by atoms with Crippen LogP contribution in [0.1, 0.15) is 22.3 Å². The number of nitrogens with zero attached hydrogens (tertiary/aromatic N) is 1. The van der Waals surface area contributed by atoms with Crippen molar-refractivity contribution in [1.29, 1.82) is 5.26 Å². The van der Waals surface area contributed by atoms with Crippen LogP contribution < -0.4 is 10.1 Å². The summed E-state index contributed by atoms with van der Waals surface area (Å²) in [5.41, 5.74) is -0.0513. The molecule has 9 heteroatoms. The highest BCUT2D eigenvalue weighted by Crippen LogP contribution is 2.39. The Hall–Kier alpha value is -3.25. The molecule has 0 bridgehead atoms. The second kappa shape index (κ2) is 7.40. The van der Waals surface area contributed by atoms with Crippen molar-refractivity contribution < 1.29 is 27.5 Å². The minimum absolute atomic E-state index is 0.125. The van der Waals surface area contributed by atoms with E-state index in [0.29, 0.717) is 11.1 Å². The largest absolute Gasteiger partial charge is 0.456 e. The second-order valence-electron chi connectivity index (χ2n) is 5.80. The van der Waals surface area contributed by atoms with Crippen molar-refractivity contribution in [2.75, 3.05) is 0 Å². The number of aryl methyl sites for hydroxylation is 1. The first-order valence-corrected chi connectivity index (χ1v) is 8.64. The molecular weight excluding hydrogens is 393 g/mol. The number of amides is 2. The van der Waals surface area contributed by atoms with Crippen LogP contribution in [0, 0.1) is 18.3 Å². The number of rotatable bonds is 3. The lowest BCUT2D eigenvalue weighted by Crippen LogP contribution is -2.17. The third kappa shape index (κ3) is 4.18. The molecule has 1 N–H and O–H groups in total. The highest BCUT2D eigenvalue weighted by Gasteiger charge is 2.35. The molecule has 5 nitrogen and oxygen atoms in total. The fourth-order valence-corrected chi connectivity index (χ4v) is 3.16. The molecule has 0 unspecified atom stereocenters. The summed E-state index contributed by atoms with van der Waals surface area (Å²) in [5, 5.41) is 10.5. The van der Waals surface area contributed by atoms with Gasteiger partial charge in [-0.25, -0.2) is 0 Å². The Morgan fingerprint density at radius 3 is 2.43 bits per heavy atom. The van der Waals surface area contributed by atoms with E-state index in [9.17, 15) is 22.8 Å². The molecule has 0 spiro atoms. The van der Waals surface area contributed by atoms with E-state index < -0.39 is 28.6 Å². The van der Waals surface area contributed by atoms with Gasteiger partial charge in [-0.15, -0.1) is 0 Å². The predicted molar refractivity (Wildman–Crippen MR) is 96.5 cm³/mol. The smallest absolute Gasteiger partial charge is 0.420 e. The normalized spacial score (nSPS) is 15.5. The van der Waals surface area contributed by atoms with Gasteiger partial charge in [-0.2, -0.15) is 18.4 Å². The van der Waals surface area contributed by atoms with Gasteiger partial charge in [-0.1, -0.05) is 6.07 Å². The molecule has 0 radical (unpaired) electrons. The number of ether oxygens (including phenoxy) is 1. The van der Waals surface area contributed by atoms with Crippen LogP contribution in [-0.4, -0.2) is 11.1 Å². The van der Waals surface area contributed by atoms with Crippen LogP contribution in [0.2, 0.25) is 0 Å². The zero-order chi connectivity index (χ0) is 20.5. The summed E-state index contributed by atoms with van der Waals surface area (Å²) in [6.07, 6.45) is -3.18. The number of nitriles is 1. The van der Waals surface area contributed by atoms with E-state index in [1.54, 1.807) is 25.1 Å². The maximum absolute atomic E-state index is 13.3. The molecule has 142 valence electrons. The number of halogens is 3. The molecular formula is C19H11F3N2O3S. The van der Waals surface area contributed by atoms with E-state index in [0.717, 1.165) is 23.9 Å². The lowest BCUT2D eigenvalue weighted by atomic mass is 10.1. The average molecular weight is 404 g/mol. The minimum Gasteiger partial charge on any atom is -0.456 e. The molecule has 3 rings (SSSR count). The third-order valence-electron chi connectivity index (χ3n) is 3.77. The molecule has 2 amide bonds. The van der Waals surface area contributed by atoms with Gasteiger partial charge >= 0.3 is 6.18 Å². The second-order valence-corrected chi connectivity index (χ2v) is 6.81. The molecule has 28 heavy (non-hydrogen) atoms. The summed E-state index contributed by atoms with van der Waals surface area (Å²) in [6.45, 7) is 1.64. The Balaban J connectivity index is 1.91. The van der Waals surface area contributed by atoms with E-state index in [-0.39, 0.29) is 16.2 Å². The molecule has 1 aliphatic rings. The summed E-state index contributed by atoms with van der Waals surface area (Å²) < 4.78 is 45.2. The average Bonchev–Trinajstić information content (AvgIpc) is 2.93. The van der Waals surface area contributed by atoms with Crippen LogP contribution in [0.3, 0.4) is 0 Å². The number of hydrogen-bond donors (Lipinski definition) is 1. The summed E-state index contributed by atoms with van der Waals surface area (Å²) in [7, 11) is 0. The van der Waals surface area contributed by atoms with Gasteiger partial charge in [-0.05, 0) is 66.2 Å². The van der Waals surface area contributed by atoms with Crippen LogP contribution in [-0.2, 0) is 11.0 Å². The first-order valence-electron chi connectivity index (χ1n) is 7.82. The molecule has 2 aromatic rings. The quantitative estimate of drug-likeness (QED) is 0.728. The SMILES string of the molecule is Cc1cc(/C=C2\SC(=O)NC2=O)ccc1Oc1ccc(C#N)cc1C(F)(F)F. The topological polar surface area (TPSA) is 79.2 Å². The van der Waals surface area contributed by atoms with E-state index >= 15 is 0 Å². The molecule has 2 aromatic carbocycles. The lowest BCUT2D eigenvalue weighted by molar-refractivity contribution is -0.138. The molecule has 0 saturated carbocycles. The van der Waals surface area contributed by atoms with Gasteiger partial charge in [0.1, 0.15) is 11.5 Å². The van der Waals surface area contributed by atoms with Gasteiger partial charge < -0.3 is 4.74 Å². The lowest BCUT2D eigenvalue weighted by Gasteiger charge is -2.15. The fraction of sp³-hybridized carbons (Fsp3) is 0.105. The van der Waals surface area contributed by atoms with Crippen molar-refractivity contribution in [1.82, 2.24) is 5.32 Å². The molecule has 1 saturated heterocycles. The van der Waals surface area contributed by atoms with Crippen LogP contribution in [0.4, 0.5) is 18.0 Å². The van der Waals surface area contributed by atoms with Crippen LogP contribution in [0.25, 0.3) is 6.08 Å². The van der Waals surface area contributed by atoms with E-state index in [2.05, 4.69) is 5.32 Å². The maximum atomic E-state index is 13.3. The number of thioether (sulfide) groups is 1. The number of hydrogen-bond acceptors (Lipinski definition) is 5. The fourth-order valence-electron chi connectivity index (χ4n) is 2.48. The predicted octanol–water partition coefficient (Wildman–Crippen LogP) is 5.00. The number of nitrogens with one attached hydrogen (secondary N) is 1. The van der Waals surface area contributed by atoms with E-state index in [1.807, 2.05) is 0 Å². The number of carbonyl (C=O) groups excluding carboxylic acids is 2. The molecule has 1 aliphatic heterocycles. The Morgan fingerprint density at radius 1 is 1.14 bits per heavy atom. The summed E-state index contributed by atoms with van der Waals surface area (Å²) >= 11 is 0.768. The van der Waals surface area contributed by atoms with Crippen LogP contribution >= 0.6 is 11.8 Å². The highest BCUT2D eigenvalue weighted by molar-refractivity contribution is 8.18. The van der Waals surface area contributed by atoms with E-state index in [4.69, 9.17) is 10.00 Å². The summed E-state index contributed by atoms with van der Waals surface area (Å²) in [6, 6.07) is 9.39. The number of carbonyl (C=O) groups is 2. The van der Waals surface area contributed by atoms with Crippen molar-refractivity contribution in [3.05, 3.63) is 63.6 Å². The van der Waals surface area contributed by atoms with Crippen molar-refractivity contribution >= 4 is 29.0 Å². The minimum atomic E-state index is -4.68. The van der Waals surface area contributed by atoms with E-state index in [1.165, 1.54) is 18.2 Å². The molecule has 0 aliphatic carbocycles. The Morgan fingerprint density at radius 2 is 1.86 bits per heavy atom. The van der Waals surface area contributed by atoms with Gasteiger partial charge in [0, 0.05) is 0 Å². The van der Waals surface area contributed by atoms with Gasteiger partial charge in [0.2, 0.25) is 0 Å². The maximum Gasteiger partial charge on any atom is 0.420 e. The first kappa shape index (κ1) is 19.5. The van der Waals surface area contributed by atoms with Gasteiger partial charge in [0.25, 0.3) is 11.1 Å². The highest BCUT2D eigenvalue weighted by atomic mass is 32.2. The number of alkyl halides is 3. The Labute approximate surface area is 161 Å². The monoisotopic (exact) mass is 404 g/mol. The van der Waals surface area contributed by atoms with Crippen LogP contribution in [0.5, 0.6) is 11.5 Å². The summed E-state index contributed by atoms with van der Waals surface area (Å²) in [5.74, 6) is -0.727. The third-order valence-corrected chi connectivity index (χ3v) is 4.58. The number of imide groups is 1. The molecule has 1 heterocycles.